The van der Waals surface area contributed by atoms with Crippen molar-refractivity contribution < 1.29 is 29.0 Å². The highest BCUT2D eigenvalue weighted by Gasteiger charge is 2.46. The van der Waals surface area contributed by atoms with E-state index in [1.54, 1.807) is 43.3 Å². The zero-order valence-electron chi connectivity index (χ0n) is 19.5. The molecule has 0 bridgehead atoms. The Morgan fingerprint density at radius 3 is 2.56 bits per heavy atom. The SMILES string of the molecule is CCOc1cc(/C(O)=C2/C(=O)C(=O)N(CCN(C)C)C2c2cccc(OC(C)=O)c2)ccc1Cl. The number of Topliss-reactive ketones (excluding diaryl/α,β-unsaturated/α-hetero) is 1. The first-order valence-electron chi connectivity index (χ1n) is 10.8. The van der Waals surface area contributed by atoms with E-state index in [0.29, 0.717) is 35.1 Å². The summed E-state index contributed by atoms with van der Waals surface area (Å²) in [5.74, 6) is -1.73. The summed E-state index contributed by atoms with van der Waals surface area (Å²) >= 11 is 6.17. The molecule has 3 rings (SSSR count). The number of carbonyl (C=O) groups excluding carboxylic acids is 3. The van der Waals surface area contributed by atoms with E-state index in [2.05, 4.69) is 0 Å². The van der Waals surface area contributed by atoms with Gasteiger partial charge in [0.2, 0.25) is 0 Å². The van der Waals surface area contributed by atoms with Crippen LogP contribution in [-0.4, -0.2) is 66.4 Å². The quantitative estimate of drug-likeness (QED) is 0.200. The molecule has 34 heavy (non-hydrogen) atoms. The van der Waals surface area contributed by atoms with Crippen LogP contribution in [0.3, 0.4) is 0 Å². The van der Waals surface area contributed by atoms with E-state index in [9.17, 15) is 19.5 Å². The van der Waals surface area contributed by atoms with Crippen molar-refractivity contribution in [2.75, 3.05) is 33.8 Å². The summed E-state index contributed by atoms with van der Waals surface area (Å²) in [6.45, 7) is 4.20. The van der Waals surface area contributed by atoms with Crippen LogP contribution in [0.25, 0.3) is 5.76 Å². The number of likely N-dealkylation sites (tertiary alicyclic amines) is 1. The van der Waals surface area contributed by atoms with Crippen molar-refractivity contribution in [2.24, 2.45) is 0 Å². The molecule has 2 aromatic rings. The number of carbonyl (C=O) groups is 3. The van der Waals surface area contributed by atoms with Gasteiger partial charge < -0.3 is 24.4 Å². The van der Waals surface area contributed by atoms with Crippen LogP contribution in [0.15, 0.2) is 48.0 Å². The number of ether oxygens (including phenoxy) is 2. The molecule has 2 aromatic carbocycles. The average Bonchev–Trinajstić information content (AvgIpc) is 3.03. The summed E-state index contributed by atoms with van der Waals surface area (Å²) in [6, 6.07) is 10.3. The molecular formula is C25H27ClN2O6. The van der Waals surface area contributed by atoms with Crippen molar-refractivity contribution in [3.05, 3.63) is 64.2 Å². The van der Waals surface area contributed by atoms with Gasteiger partial charge in [-0.15, -0.1) is 0 Å². The molecule has 8 nitrogen and oxygen atoms in total. The van der Waals surface area contributed by atoms with Gasteiger partial charge >= 0.3 is 5.97 Å². The summed E-state index contributed by atoms with van der Waals surface area (Å²) in [4.78, 5) is 40.9. The molecule has 1 atom stereocenters. The average molecular weight is 487 g/mol. The van der Waals surface area contributed by atoms with E-state index < -0.39 is 23.7 Å². The van der Waals surface area contributed by atoms with Crippen LogP contribution in [0, 0.1) is 0 Å². The third kappa shape index (κ3) is 5.40. The van der Waals surface area contributed by atoms with E-state index in [1.165, 1.54) is 17.9 Å². The number of ketones is 1. The molecule has 0 aromatic heterocycles. The molecule has 0 radical (unpaired) electrons. The minimum atomic E-state index is -0.873. The van der Waals surface area contributed by atoms with Gasteiger partial charge in [-0.25, -0.2) is 0 Å². The van der Waals surface area contributed by atoms with Gasteiger partial charge in [0.25, 0.3) is 11.7 Å². The highest BCUT2D eigenvalue weighted by molar-refractivity contribution is 6.46. The molecule has 0 saturated carbocycles. The summed E-state index contributed by atoms with van der Waals surface area (Å²) in [7, 11) is 3.71. The fraction of sp³-hybridized carbons (Fsp3) is 0.320. The van der Waals surface area contributed by atoms with Crippen LogP contribution in [0.2, 0.25) is 5.02 Å². The van der Waals surface area contributed by atoms with Gasteiger partial charge in [-0.3, -0.25) is 14.4 Å². The lowest BCUT2D eigenvalue weighted by atomic mass is 9.95. The second-order valence-electron chi connectivity index (χ2n) is 8.04. The second-order valence-corrected chi connectivity index (χ2v) is 8.45. The predicted octanol–water partition coefficient (Wildman–Crippen LogP) is 3.65. The lowest BCUT2D eigenvalue weighted by Gasteiger charge is -2.26. The molecule has 180 valence electrons. The number of benzene rings is 2. The van der Waals surface area contributed by atoms with Crippen LogP contribution < -0.4 is 9.47 Å². The van der Waals surface area contributed by atoms with Crippen molar-refractivity contribution in [1.82, 2.24) is 9.80 Å². The first kappa shape index (κ1) is 25.3. The van der Waals surface area contributed by atoms with Gasteiger partial charge in [0.05, 0.1) is 23.2 Å². The Labute approximate surface area is 203 Å². The molecule has 0 spiro atoms. The Kier molecular flexibility index (Phi) is 7.96. The van der Waals surface area contributed by atoms with Gasteiger partial charge in [0, 0.05) is 25.6 Å². The van der Waals surface area contributed by atoms with Gasteiger partial charge in [-0.2, -0.15) is 0 Å². The maximum atomic E-state index is 13.1. The monoisotopic (exact) mass is 486 g/mol. The van der Waals surface area contributed by atoms with E-state index in [1.807, 2.05) is 19.0 Å². The van der Waals surface area contributed by atoms with Gasteiger partial charge in [-0.05, 0) is 56.9 Å². The number of amides is 1. The Bertz CT molecular complexity index is 1140. The van der Waals surface area contributed by atoms with Gasteiger partial charge in [0.1, 0.15) is 17.3 Å². The molecule has 0 aliphatic carbocycles. The Hall–Kier alpha value is -3.36. The highest BCUT2D eigenvalue weighted by Crippen LogP contribution is 2.41. The third-order valence-corrected chi connectivity index (χ3v) is 5.58. The number of halogens is 1. The number of aliphatic hydroxyl groups is 1. The van der Waals surface area contributed by atoms with Crippen molar-refractivity contribution in [3.63, 3.8) is 0 Å². The van der Waals surface area contributed by atoms with E-state index in [4.69, 9.17) is 21.1 Å². The van der Waals surface area contributed by atoms with Gasteiger partial charge in [0.15, 0.2) is 0 Å². The first-order chi connectivity index (χ1) is 16.1. The number of hydrogen-bond donors (Lipinski definition) is 1. The number of likely N-dealkylation sites (N-methyl/N-ethyl adjacent to an activating group) is 1. The maximum Gasteiger partial charge on any atom is 0.308 e. The molecule has 1 aliphatic heterocycles. The zero-order chi connectivity index (χ0) is 25.0. The largest absolute Gasteiger partial charge is 0.507 e. The summed E-state index contributed by atoms with van der Waals surface area (Å²) in [6.07, 6.45) is 0. The fourth-order valence-electron chi connectivity index (χ4n) is 3.75. The van der Waals surface area contributed by atoms with Crippen molar-refractivity contribution >= 4 is 35.0 Å². The Morgan fingerprint density at radius 2 is 1.91 bits per heavy atom. The lowest BCUT2D eigenvalue weighted by molar-refractivity contribution is -0.140. The fourth-order valence-corrected chi connectivity index (χ4v) is 3.92. The minimum Gasteiger partial charge on any atom is -0.507 e. The second kappa shape index (κ2) is 10.7. The normalized spacial score (nSPS) is 17.4. The number of esters is 1. The van der Waals surface area contributed by atoms with Crippen molar-refractivity contribution in [2.45, 2.75) is 19.9 Å². The zero-order valence-corrected chi connectivity index (χ0v) is 20.3. The molecule has 1 unspecified atom stereocenters. The highest BCUT2D eigenvalue weighted by atomic mass is 35.5. The molecule has 1 fully saturated rings. The maximum absolute atomic E-state index is 13.1. The molecule has 1 N–H and O–H groups in total. The summed E-state index contributed by atoms with van der Waals surface area (Å²) in [5.41, 5.74) is 0.755. The number of nitrogens with zero attached hydrogens (tertiary/aromatic N) is 2. The number of aliphatic hydroxyl groups excluding tert-OH is 1. The summed E-state index contributed by atoms with van der Waals surface area (Å²) in [5, 5.41) is 11.6. The van der Waals surface area contributed by atoms with Crippen molar-refractivity contribution in [1.29, 1.82) is 0 Å². The number of rotatable bonds is 8. The molecule has 9 heteroatoms. The van der Waals surface area contributed by atoms with Gasteiger partial charge in [-0.1, -0.05) is 23.7 Å². The minimum absolute atomic E-state index is 0.0616. The molecular weight excluding hydrogens is 460 g/mol. The first-order valence-corrected chi connectivity index (χ1v) is 11.2. The third-order valence-electron chi connectivity index (χ3n) is 5.27. The molecule has 1 amide bonds. The molecule has 1 saturated heterocycles. The topological polar surface area (TPSA) is 96.4 Å². The van der Waals surface area contributed by atoms with E-state index >= 15 is 0 Å². The smallest absolute Gasteiger partial charge is 0.308 e. The van der Waals surface area contributed by atoms with E-state index in [0.717, 1.165) is 0 Å². The van der Waals surface area contributed by atoms with Crippen molar-refractivity contribution in [3.8, 4) is 11.5 Å². The standard InChI is InChI=1S/C25H27ClN2O6/c1-5-33-20-14-17(9-10-19(20)26)23(30)21-22(16-7-6-8-18(13-16)34-15(2)29)28(12-11-27(3)4)25(32)24(21)31/h6-10,13-14,22,30H,5,11-12H2,1-4H3/b23-21-. The van der Waals surface area contributed by atoms with Crippen LogP contribution in [-0.2, 0) is 14.4 Å². The predicted molar refractivity (Wildman–Crippen MR) is 128 cm³/mol. The van der Waals surface area contributed by atoms with E-state index in [-0.39, 0.29) is 23.6 Å². The number of hydrogen-bond acceptors (Lipinski definition) is 7. The Balaban J connectivity index is 2.17. The van der Waals surface area contributed by atoms with Crippen LogP contribution in [0.1, 0.15) is 31.0 Å². The van der Waals surface area contributed by atoms with Crippen LogP contribution in [0.5, 0.6) is 11.5 Å². The molecule has 1 aliphatic rings. The van der Waals surface area contributed by atoms with Crippen LogP contribution >= 0.6 is 11.6 Å². The van der Waals surface area contributed by atoms with Crippen LogP contribution in [0.4, 0.5) is 0 Å². The molecule has 1 heterocycles. The summed E-state index contributed by atoms with van der Waals surface area (Å²) < 4.78 is 10.7. The Morgan fingerprint density at radius 1 is 1.18 bits per heavy atom. The lowest BCUT2D eigenvalue weighted by Crippen LogP contribution is -2.35.